The van der Waals surface area contributed by atoms with Crippen LogP contribution in [-0.2, 0) is 0 Å². The standard InChI is InChI=1S/C18H27N3/c1-14-8-6-13-18(19-14)21(17-11-7-12-17)20-15(2)16-9-4-3-5-10-16/h6,8,13,16-17H,3-5,7,9-12H2,1-2H3/b20-15+. The first-order chi connectivity index (χ1) is 10.2. The second-order valence-corrected chi connectivity index (χ2v) is 6.64. The quantitative estimate of drug-likeness (QED) is 0.592. The van der Waals surface area contributed by atoms with E-state index in [0.717, 1.165) is 11.5 Å². The van der Waals surface area contributed by atoms with Gasteiger partial charge in [0, 0.05) is 11.4 Å². The lowest BCUT2D eigenvalue weighted by molar-refractivity contribution is 0.385. The van der Waals surface area contributed by atoms with Crippen LogP contribution in [0, 0.1) is 12.8 Å². The monoisotopic (exact) mass is 285 g/mol. The van der Waals surface area contributed by atoms with Gasteiger partial charge >= 0.3 is 0 Å². The highest BCUT2D eigenvalue weighted by Gasteiger charge is 2.27. The maximum atomic E-state index is 5.02. The molecular weight excluding hydrogens is 258 g/mol. The number of aromatic nitrogens is 1. The smallest absolute Gasteiger partial charge is 0.149 e. The van der Waals surface area contributed by atoms with Gasteiger partial charge in [-0.1, -0.05) is 25.3 Å². The van der Waals surface area contributed by atoms with Gasteiger partial charge in [-0.05, 0) is 64.0 Å². The summed E-state index contributed by atoms with van der Waals surface area (Å²) in [5.74, 6) is 1.71. The number of hydrazone groups is 1. The Morgan fingerprint density at radius 3 is 2.48 bits per heavy atom. The minimum Gasteiger partial charge on any atom is -0.245 e. The highest BCUT2D eigenvalue weighted by Crippen LogP contribution is 2.31. The lowest BCUT2D eigenvalue weighted by Gasteiger charge is -2.36. The molecular formula is C18H27N3. The van der Waals surface area contributed by atoms with Crippen molar-refractivity contribution in [3.05, 3.63) is 23.9 Å². The SMILES string of the molecule is C/C(=N\N(c1cccc(C)n1)C1CCC1)C1CCCCC1. The zero-order chi connectivity index (χ0) is 14.7. The minimum absolute atomic E-state index is 0.554. The Labute approximate surface area is 128 Å². The molecule has 1 aromatic rings. The van der Waals surface area contributed by atoms with Crippen LogP contribution in [0.4, 0.5) is 5.82 Å². The molecule has 0 aromatic carbocycles. The number of aryl methyl sites for hydroxylation is 1. The molecule has 0 bridgehead atoms. The topological polar surface area (TPSA) is 28.5 Å². The predicted molar refractivity (Wildman–Crippen MR) is 88.8 cm³/mol. The average molecular weight is 285 g/mol. The summed E-state index contributed by atoms with van der Waals surface area (Å²) in [4.78, 5) is 4.69. The molecule has 2 saturated carbocycles. The first-order valence-electron chi connectivity index (χ1n) is 8.52. The van der Waals surface area contributed by atoms with Crippen molar-refractivity contribution in [3.8, 4) is 0 Å². The summed E-state index contributed by atoms with van der Waals surface area (Å²) in [7, 11) is 0. The fourth-order valence-corrected chi connectivity index (χ4v) is 3.38. The summed E-state index contributed by atoms with van der Waals surface area (Å²) < 4.78 is 0. The van der Waals surface area contributed by atoms with Crippen molar-refractivity contribution in [2.45, 2.75) is 71.3 Å². The molecule has 0 unspecified atom stereocenters. The van der Waals surface area contributed by atoms with Crippen LogP contribution in [0.3, 0.4) is 0 Å². The zero-order valence-corrected chi connectivity index (χ0v) is 13.4. The first kappa shape index (κ1) is 14.6. The summed E-state index contributed by atoms with van der Waals surface area (Å²) in [6.07, 6.45) is 10.6. The van der Waals surface area contributed by atoms with Crippen LogP contribution in [0.5, 0.6) is 0 Å². The van der Waals surface area contributed by atoms with Crippen molar-refractivity contribution >= 4 is 11.5 Å². The number of anilines is 1. The number of hydrogen-bond acceptors (Lipinski definition) is 3. The van der Waals surface area contributed by atoms with Crippen LogP contribution in [0.25, 0.3) is 0 Å². The Bertz CT molecular complexity index is 499. The minimum atomic E-state index is 0.554. The van der Waals surface area contributed by atoms with Gasteiger partial charge in [0.15, 0.2) is 0 Å². The third-order valence-corrected chi connectivity index (χ3v) is 4.99. The molecule has 1 heterocycles. The molecule has 2 fully saturated rings. The molecule has 2 aliphatic rings. The Balaban J connectivity index is 1.81. The Hall–Kier alpha value is -1.38. The van der Waals surface area contributed by atoms with Crippen LogP contribution in [0.1, 0.15) is 64.0 Å². The molecule has 0 N–H and O–H groups in total. The van der Waals surface area contributed by atoms with Crippen LogP contribution in [0.2, 0.25) is 0 Å². The Kier molecular flexibility index (Phi) is 4.57. The van der Waals surface area contributed by atoms with E-state index in [9.17, 15) is 0 Å². The van der Waals surface area contributed by atoms with Gasteiger partial charge in [-0.25, -0.2) is 9.99 Å². The lowest BCUT2D eigenvalue weighted by Crippen LogP contribution is -2.38. The molecule has 0 aliphatic heterocycles. The highest BCUT2D eigenvalue weighted by atomic mass is 15.5. The molecule has 3 nitrogen and oxygen atoms in total. The summed E-state index contributed by atoms with van der Waals surface area (Å²) in [6, 6.07) is 6.80. The summed E-state index contributed by atoms with van der Waals surface area (Å²) >= 11 is 0. The van der Waals surface area contributed by atoms with Crippen molar-refractivity contribution in [2.24, 2.45) is 11.0 Å². The molecule has 0 atom stereocenters. The maximum Gasteiger partial charge on any atom is 0.149 e. The number of pyridine rings is 1. The fourth-order valence-electron chi connectivity index (χ4n) is 3.38. The lowest BCUT2D eigenvalue weighted by atomic mass is 9.86. The van der Waals surface area contributed by atoms with Gasteiger partial charge in [0.25, 0.3) is 0 Å². The summed E-state index contributed by atoms with van der Waals surface area (Å²) in [5, 5.41) is 7.23. The molecule has 2 aliphatic carbocycles. The van der Waals surface area contributed by atoms with E-state index < -0.39 is 0 Å². The predicted octanol–water partition coefficient (Wildman–Crippen LogP) is 4.71. The average Bonchev–Trinajstić information content (AvgIpc) is 2.45. The van der Waals surface area contributed by atoms with Crippen LogP contribution >= 0.6 is 0 Å². The van der Waals surface area contributed by atoms with Gasteiger partial charge < -0.3 is 0 Å². The normalized spacial score (nSPS) is 21.1. The van der Waals surface area contributed by atoms with Gasteiger partial charge in [-0.3, -0.25) is 0 Å². The molecule has 3 rings (SSSR count). The maximum absolute atomic E-state index is 5.02. The van der Waals surface area contributed by atoms with E-state index >= 15 is 0 Å². The molecule has 0 spiro atoms. The zero-order valence-electron chi connectivity index (χ0n) is 13.4. The first-order valence-corrected chi connectivity index (χ1v) is 8.52. The van der Waals surface area contributed by atoms with Gasteiger partial charge in [0.2, 0.25) is 0 Å². The van der Waals surface area contributed by atoms with E-state index in [0.29, 0.717) is 12.0 Å². The van der Waals surface area contributed by atoms with E-state index in [-0.39, 0.29) is 0 Å². The highest BCUT2D eigenvalue weighted by molar-refractivity contribution is 5.85. The molecule has 21 heavy (non-hydrogen) atoms. The van der Waals surface area contributed by atoms with Crippen molar-refractivity contribution in [3.63, 3.8) is 0 Å². The van der Waals surface area contributed by atoms with Crippen molar-refractivity contribution < 1.29 is 0 Å². The summed E-state index contributed by atoms with van der Waals surface area (Å²) in [5.41, 5.74) is 2.38. The van der Waals surface area contributed by atoms with E-state index in [1.807, 2.05) is 0 Å². The van der Waals surface area contributed by atoms with Crippen LogP contribution < -0.4 is 5.01 Å². The molecule has 3 heteroatoms. The third kappa shape index (κ3) is 3.45. The molecule has 0 amide bonds. The van der Waals surface area contributed by atoms with Gasteiger partial charge in [0.1, 0.15) is 5.82 Å². The molecule has 1 aromatic heterocycles. The Morgan fingerprint density at radius 1 is 1.10 bits per heavy atom. The second kappa shape index (κ2) is 6.59. The van der Waals surface area contributed by atoms with E-state index in [1.54, 1.807) is 0 Å². The molecule has 0 radical (unpaired) electrons. The van der Waals surface area contributed by atoms with E-state index in [1.165, 1.54) is 57.1 Å². The number of hydrogen-bond donors (Lipinski definition) is 0. The van der Waals surface area contributed by atoms with Crippen LogP contribution in [0.15, 0.2) is 23.3 Å². The van der Waals surface area contributed by atoms with Crippen molar-refractivity contribution in [1.29, 1.82) is 0 Å². The van der Waals surface area contributed by atoms with Gasteiger partial charge in [0.05, 0.1) is 6.04 Å². The summed E-state index contributed by atoms with van der Waals surface area (Å²) in [6.45, 7) is 4.28. The Morgan fingerprint density at radius 2 is 1.86 bits per heavy atom. The van der Waals surface area contributed by atoms with Gasteiger partial charge in [-0.15, -0.1) is 0 Å². The van der Waals surface area contributed by atoms with Crippen LogP contribution in [-0.4, -0.2) is 16.7 Å². The van der Waals surface area contributed by atoms with Gasteiger partial charge in [-0.2, -0.15) is 5.10 Å². The van der Waals surface area contributed by atoms with Crippen molar-refractivity contribution in [1.82, 2.24) is 4.98 Å². The third-order valence-electron chi connectivity index (χ3n) is 4.99. The van der Waals surface area contributed by atoms with E-state index in [4.69, 9.17) is 10.1 Å². The number of nitrogens with zero attached hydrogens (tertiary/aromatic N) is 3. The number of rotatable bonds is 4. The largest absolute Gasteiger partial charge is 0.245 e. The fraction of sp³-hybridized carbons (Fsp3) is 0.667. The molecule has 0 saturated heterocycles. The van der Waals surface area contributed by atoms with Crippen molar-refractivity contribution in [2.75, 3.05) is 5.01 Å². The second-order valence-electron chi connectivity index (χ2n) is 6.64. The van der Waals surface area contributed by atoms with E-state index in [2.05, 4.69) is 37.1 Å². The molecule has 114 valence electrons.